The van der Waals surface area contributed by atoms with Crippen LogP contribution in [0.5, 0.6) is 0 Å². The van der Waals surface area contributed by atoms with Crippen molar-refractivity contribution >= 4 is 11.8 Å². The first-order chi connectivity index (χ1) is 10.4. The molecule has 5 heteroatoms. The molecule has 22 heavy (non-hydrogen) atoms. The molecule has 1 aromatic heterocycles. The number of ketones is 1. The molecule has 0 saturated heterocycles. The van der Waals surface area contributed by atoms with Crippen LogP contribution in [-0.4, -0.2) is 45.0 Å². The van der Waals surface area contributed by atoms with Gasteiger partial charge in [-0.25, -0.2) is 0 Å². The number of carboxylic acid groups (broad SMARTS) is 1. The molecule has 0 aliphatic heterocycles. The lowest BCUT2D eigenvalue weighted by atomic mass is 10.1. The fourth-order valence-corrected chi connectivity index (χ4v) is 2.87. The van der Waals surface area contributed by atoms with E-state index in [0.29, 0.717) is 12.1 Å². The van der Waals surface area contributed by atoms with Gasteiger partial charge in [0.2, 0.25) is 0 Å². The van der Waals surface area contributed by atoms with Gasteiger partial charge in [-0.2, -0.15) is 0 Å². The second-order valence-electron chi connectivity index (χ2n) is 6.02. The maximum atomic E-state index is 12.6. The number of hydrogen-bond donors (Lipinski definition) is 1. The highest BCUT2D eigenvalue weighted by Gasteiger charge is 2.36. The zero-order chi connectivity index (χ0) is 16.4. The Morgan fingerprint density at radius 1 is 1.50 bits per heavy atom. The molecule has 0 radical (unpaired) electrons. The third kappa shape index (κ3) is 3.30. The van der Waals surface area contributed by atoms with Gasteiger partial charge in [0, 0.05) is 29.5 Å². The lowest BCUT2D eigenvalue weighted by Crippen LogP contribution is -2.43. The second-order valence-corrected chi connectivity index (χ2v) is 6.02. The number of hydrogen-bond acceptors (Lipinski definition) is 3. The molecule has 120 valence electrons. The summed E-state index contributed by atoms with van der Waals surface area (Å²) in [5, 5.41) is 9.22. The summed E-state index contributed by atoms with van der Waals surface area (Å²) in [6, 6.07) is 1.48. The molecule has 1 saturated carbocycles. The van der Waals surface area contributed by atoms with Crippen molar-refractivity contribution in [3.05, 3.63) is 35.7 Å². The van der Waals surface area contributed by atoms with Crippen LogP contribution in [0.25, 0.3) is 0 Å². The van der Waals surface area contributed by atoms with E-state index in [0.717, 1.165) is 24.2 Å². The summed E-state index contributed by atoms with van der Waals surface area (Å²) in [6.07, 6.45) is 3.75. The Morgan fingerprint density at radius 2 is 2.14 bits per heavy atom. The Labute approximate surface area is 131 Å². The lowest BCUT2D eigenvalue weighted by molar-refractivity contribution is -0.142. The summed E-state index contributed by atoms with van der Waals surface area (Å²) in [7, 11) is 0. The first-order valence-corrected chi connectivity index (χ1v) is 7.66. The van der Waals surface area contributed by atoms with Gasteiger partial charge < -0.3 is 9.67 Å². The zero-order valence-corrected chi connectivity index (χ0v) is 13.5. The van der Waals surface area contributed by atoms with E-state index in [-0.39, 0.29) is 18.4 Å². The number of allylic oxidation sites excluding steroid dienone is 1. The number of aromatic nitrogens is 1. The molecule has 0 bridgehead atoms. The Balaban J connectivity index is 2.19. The molecular formula is C17H24N2O3. The van der Waals surface area contributed by atoms with Gasteiger partial charge in [0.15, 0.2) is 5.78 Å². The summed E-state index contributed by atoms with van der Waals surface area (Å²) in [5.41, 5.74) is 2.62. The van der Waals surface area contributed by atoms with Crippen LogP contribution in [0.4, 0.5) is 0 Å². The molecule has 1 N–H and O–H groups in total. The SMILES string of the molecule is C=CCn1c(C)cc(C(=O)CN(C2CC2)C(C)C(=O)O)c1C. The van der Waals surface area contributed by atoms with E-state index in [4.69, 9.17) is 0 Å². The number of aryl methyl sites for hydroxylation is 1. The standard InChI is InChI=1S/C17H24N2O3/c1-5-8-18-11(2)9-15(12(18)3)16(20)10-19(14-6-7-14)13(4)17(21)22/h5,9,13-14H,1,6-8,10H2,2-4H3,(H,21,22). The summed E-state index contributed by atoms with van der Waals surface area (Å²) < 4.78 is 2.04. The Hall–Kier alpha value is -1.88. The summed E-state index contributed by atoms with van der Waals surface area (Å²) >= 11 is 0. The molecule has 0 spiro atoms. The van der Waals surface area contributed by atoms with Gasteiger partial charge in [0.1, 0.15) is 6.04 Å². The Morgan fingerprint density at radius 3 is 2.64 bits per heavy atom. The average molecular weight is 304 g/mol. The molecular weight excluding hydrogens is 280 g/mol. The van der Waals surface area contributed by atoms with Crippen LogP contribution in [0.1, 0.15) is 41.5 Å². The Kier molecular flexibility index (Phi) is 4.86. The van der Waals surface area contributed by atoms with Crippen molar-refractivity contribution in [1.82, 2.24) is 9.47 Å². The molecule has 2 rings (SSSR count). The van der Waals surface area contributed by atoms with E-state index in [1.807, 2.05) is 29.4 Å². The highest BCUT2D eigenvalue weighted by Crippen LogP contribution is 2.29. The highest BCUT2D eigenvalue weighted by molar-refractivity contribution is 5.99. The van der Waals surface area contributed by atoms with Gasteiger partial charge in [-0.05, 0) is 39.7 Å². The van der Waals surface area contributed by atoms with Gasteiger partial charge in [0.25, 0.3) is 0 Å². The third-order valence-corrected chi connectivity index (χ3v) is 4.38. The fraction of sp³-hybridized carbons (Fsp3) is 0.529. The van der Waals surface area contributed by atoms with Crippen LogP contribution in [0.3, 0.4) is 0 Å². The van der Waals surface area contributed by atoms with Crippen molar-refractivity contribution in [2.24, 2.45) is 0 Å². The molecule has 1 fully saturated rings. The quantitative estimate of drug-likeness (QED) is 0.592. The maximum Gasteiger partial charge on any atom is 0.320 e. The smallest absolute Gasteiger partial charge is 0.320 e. The maximum absolute atomic E-state index is 12.6. The molecule has 1 atom stereocenters. The minimum Gasteiger partial charge on any atom is -0.480 e. The highest BCUT2D eigenvalue weighted by atomic mass is 16.4. The second kappa shape index (κ2) is 6.48. The Bertz CT molecular complexity index is 599. The average Bonchev–Trinajstić information content (AvgIpc) is 3.26. The van der Waals surface area contributed by atoms with E-state index >= 15 is 0 Å². The minimum absolute atomic E-state index is 0.0107. The van der Waals surface area contributed by atoms with Crippen LogP contribution < -0.4 is 0 Å². The predicted molar refractivity (Wildman–Crippen MR) is 85.3 cm³/mol. The van der Waals surface area contributed by atoms with E-state index in [1.165, 1.54) is 0 Å². The first-order valence-electron chi connectivity index (χ1n) is 7.66. The van der Waals surface area contributed by atoms with E-state index in [9.17, 15) is 14.7 Å². The fourth-order valence-electron chi connectivity index (χ4n) is 2.87. The van der Waals surface area contributed by atoms with Gasteiger partial charge in [-0.3, -0.25) is 14.5 Å². The van der Waals surface area contributed by atoms with E-state index in [1.54, 1.807) is 13.0 Å². The molecule has 1 unspecified atom stereocenters. The monoisotopic (exact) mass is 304 g/mol. The van der Waals surface area contributed by atoms with Crippen molar-refractivity contribution in [3.63, 3.8) is 0 Å². The lowest BCUT2D eigenvalue weighted by Gasteiger charge is -2.25. The number of carboxylic acids is 1. The number of rotatable bonds is 8. The minimum atomic E-state index is -0.878. The van der Waals surface area contributed by atoms with Gasteiger partial charge >= 0.3 is 5.97 Å². The van der Waals surface area contributed by atoms with Crippen LogP contribution in [0, 0.1) is 13.8 Å². The van der Waals surface area contributed by atoms with Crippen LogP contribution in [-0.2, 0) is 11.3 Å². The molecule has 1 aliphatic carbocycles. The predicted octanol–water partition coefficient (Wildman–Crippen LogP) is 2.41. The molecule has 1 aliphatic rings. The van der Waals surface area contributed by atoms with Gasteiger partial charge in [0.05, 0.1) is 6.54 Å². The van der Waals surface area contributed by atoms with Crippen molar-refractivity contribution in [1.29, 1.82) is 0 Å². The van der Waals surface area contributed by atoms with Crippen LogP contribution >= 0.6 is 0 Å². The number of Topliss-reactive ketones (excluding diaryl/α,β-unsaturated/α-hetero) is 1. The van der Waals surface area contributed by atoms with Crippen molar-refractivity contribution < 1.29 is 14.7 Å². The normalized spacial score (nSPS) is 15.8. The van der Waals surface area contributed by atoms with E-state index < -0.39 is 12.0 Å². The van der Waals surface area contributed by atoms with Crippen molar-refractivity contribution in [2.45, 2.75) is 52.2 Å². The molecule has 0 aromatic carbocycles. The summed E-state index contributed by atoms with van der Waals surface area (Å²) in [6.45, 7) is 10.1. The number of nitrogens with zero attached hydrogens (tertiary/aromatic N) is 2. The number of aliphatic carboxylic acids is 1. The van der Waals surface area contributed by atoms with Crippen molar-refractivity contribution in [3.8, 4) is 0 Å². The topological polar surface area (TPSA) is 62.5 Å². The number of carbonyl (C=O) groups is 2. The molecule has 1 aromatic rings. The largest absolute Gasteiger partial charge is 0.480 e. The first kappa shape index (κ1) is 16.5. The van der Waals surface area contributed by atoms with Gasteiger partial charge in [-0.1, -0.05) is 6.08 Å². The molecule has 1 heterocycles. The van der Waals surface area contributed by atoms with Crippen molar-refractivity contribution in [2.75, 3.05) is 6.54 Å². The summed E-state index contributed by atoms with van der Waals surface area (Å²) in [4.78, 5) is 25.7. The van der Waals surface area contributed by atoms with E-state index in [2.05, 4.69) is 6.58 Å². The van der Waals surface area contributed by atoms with Crippen LogP contribution in [0.2, 0.25) is 0 Å². The van der Waals surface area contributed by atoms with Gasteiger partial charge in [-0.15, -0.1) is 6.58 Å². The molecule has 0 amide bonds. The third-order valence-electron chi connectivity index (χ3n) is 4.38. The summed E-state index contributed by atoms with van der Waals surface area (Å²) in [5.74, 6) is -0.889. The zero-order valence-electron chi connectivity index (χ0n) is 13.5. The number of carbonyl (C=O) groups excluding carboxylic acids is 1. The van der Waals surface area contributed by atoms with Crippen LogP contribution in [0.15, 0.2) is 18.7 Å². The molecule has 5 nitrogen and oxygen atoms in total.